The van der Waals surface area contributed by atoms with Gasteiger partial charge in [-0.2, -0.15) is 5.10 Å². The van der Waals surface area contributed by atoms with E-state index in [0.29, 0.717) is 11.0 Å². The van der Waals surface area contributed by atoms with Gasteiger partial charge in [-0.1, -0.05) is 24.7 Å². The Morgan fingerprint density at radius 3 is 2.91 bits per heavy atom. The Morgan fingerprint density at radius 2 is 2.17 bits per heavy atom. The van der Waals surface area contributed by atoms with Gasteiger partial charge in [-0.05, 0) is 24.6 Å². The number of nitrogens with zero attached hydrogens (tertiary/aromatic N) is 4. The maximum atomic E-state index is 11.1. The van der Waals surface area contributed by atoms with Crippen LogP contribution in [0.1, 0.15) is 25.6 Å². The van der Waals surface area contributed by atoms with Gasteiger partial charge in [-0.15, -0.1) is 0 Å². The third-order valence-corrected chi connectivity index (χ3v) is 4.30. The van der Waals surface area contributed by atoms with Crippen molar-refractivity contribution in [2.75, 3.05) is 5.73 Å². The van der Waals surface area contributed by atoms with Crippen LogP contribution in [0.3, 0.4) is 0 Å². The number of aromatic nitrogens is 4. The molecule has 0 atom stereocenters. The van der Waals surface area contributed by atoms with E-state index in [1.807, 2.05) is 22.9 Å². The first-order valence-electron chi connectivity index (χ1n) is 7.45. The summed E-state index contributed by atoms with van der Waals surface area (Å²) in [4.78, 5) is 19.9. The lowest BCUT2D eigenvalue weighted by molar-refractivity contribution is -0.117. The fraction of sp³-hybridized carbons (Fsp3) is 0.333. The van der Waals surface area contributed by atoms with Crippen LogP contribution in [0.5, 0.6) is 0 Å². The Morgan fingerprint density at radius 1 is 1.35 bits per heavy atom. The Labute approximate surface area is 137 Å². The Balaban J connectivity index is 2.03. The van der Waals surface area contributed by atoms with Gasteiger partial charge in [0.2, 0.25) is 5.91 Å². The van der Waals surface area contributed by atoms with Gasteiger partial charge in [0, 0.05) is 12.1 Å². The number of amides is 1. The van der Waals surface area contributed by atoms with Crippen molar-refractivity contribution in [2.24, 2.45) is 5.73 Å². The van der Waals surface area contributed by atoms with Gasteiger partial charge in [-0.3, -0.25) is 4.79 Å². The highest BCUT2D eigenvalue weighted by atomic mass is 32.1. The summed E-state index contributed by atoms with van der Waals surface area (Å²) < 4.78 is 2.86. The summed E-state index contributed by atoms with van der Waals surface area (Å²) >= 11 is 1.45. The molecule has 0 saturated carbocycles. The zero-order valence-corrected chi connectivity index (χ0v) is 13.6. The number of benzene rings is 1. The summed E-state index contributed by atoms with van der Waals surface area (Å²) in [5.74, 6) is 0.733. The van der Waals surface area contributed by atoms with Crippen LogP contribution in [0.2, 0.25) is 0 Å². The van der Waals surface area contributed by atoms with Crippen LogP contribution in [-0.2, 0) is 17.8 Å². The number of nitrogen functional groups attached to an aromatic ring is 1. The molecule has 0 radical (unpaired) electrons. The van der Waals surface area contributed by atoms with Crippen molar-refractivity contribution >= 4 is 32.6 Å². The Kier molecular flexibility index (Phi) is 4.24. The summed E-state index contributed by atoms with van der Waals surface area (Å²) in [5.41, 5.74) is 12.7. The molecule has 3 rings (SSSR count). The van der Waals surface area contributed by atoms with Crippen molar-refractivity contribution in [1.82, 2.24) is 19.7 Å². The predicted octanol–water partition coefficient (Wildman–Crippen LogP) is 1.96. The highest BCUT2D eigenvalue weighted by Crippen LogP contribution is 2.28. The largest absolute Gasteiger partial charge is 0.375 e. The zero-order chi connectivity index (χ0) is 16.4. The number of aryl methyl sites for hydroxylation is 1. The maximum Gasteiger partial charge on any atom is 0.225 e. The standard InChI is InChI=1S/C15H18N6OS/c1-2-3-6-21-14(19-13(20-21)8-12(16)22)9-4-5-11-10(7-9)18-15(17)23-11/h4-5,7H,2-3,6,8H2,1H3,(H2,16,22)(H2,17,18). The molecule has 0 spiro atoms. The second-order valence-electron chi connectivity index (χ2n) is 5.31. The van der Waals surface area contributed by atoms with Gasteiger partial charge in [-0.25, -0.2) is 14.6 Å². The highest BCUT2D eigenvalue weighted by molar-refractivity contribution is 7.22. The Bertz CT molecular complexity index is 853. The molecule has 1 aromatic carbocycles. The van der Waals surface area contributed by atoms with Crippen LogP contribution in [-0.4, -0.2) is 25.7 Å². The molecule has 0 unspecified atom stereocenters. The van der Waals surface area contributed by atoms with Gasteiger partial charge < -0.3 is 11.5 Å². The molecule has 1 amide bonds. The van der Waals surface area contributed by atoms with Gasteiger partial charge >= 0.3 is 0 Å². The van der Waals surface area contributed by atoms with E-state index in [1.165, 1.54) is 11.3 Å². The van der Waals surface area contributed by atoms with E-state index >= 15 is 0 Å². The lowest BCUT2D eigenvalue weighted by atomic mass is 10.2. The van der Waals surface area contributed by atoms with Crippen molar-refractivity contribution in [3.63, 3.8) is 0 Å². The monoisotopic (exact) mass is 330 g/mol. The second kappa shape index (κ2) is 6.33. The smallest absolute Gasteiger partial charge is 0.225 e. The van der Waals surface area contributed by atoms with E-state index in [2.05, 4.69) is 22.0 Å². The lowest BCUT2D eigenvalue weighted by Gasteiger charge is -2.05. The van der Waals surface area contributed by atoms with E-state index in [-0.39, 0.29) is 6.42 Å². The van der Waals surface area contributed by atoms with Gasteiger partial charge in [0.25, 0.3) is 0 Å². The molecule has 0 bridgehead atoms. The summed E-state index contributed by atoms with van der Waals surface area (Å²) in [7, 11) is 0. The molecule has 7 nitrogen and oxygen atoms in total. The van der Waals surface area contributed by atoms with Crippen LogP contribution >= 0.6 is 11.3 Å². The van der Waals surface area contributed by atoms with E-state index in [0.717, 1.165) is 41.0 Å². The average molecular weight is 330 g/mol. The lowest BCUT2D eigenvalue weighted by Crippen LogP contribution is -2.14. The summed E-state index contributed by atoms with van der Waals surface area (Å²) in [6.07, 6.45) is 2.07. The van der Waals surface area contributed by atoms with Crippen LogP contribution in [0.15, 0.2) is 18.2 Å². The minimum absolute atomic E-state index is 0.0397. The molecular formula is C15H18N6OS. The minimum Gasteiger partial charge on any atom is -0.375 e. The fourth-order valence-electron chi connectivity index (χ4n) is 2.38. The van der Waals surface area contributed by atoms with E-state index in [4.69, 9.17) is 11.5 Å². The molecule has 2 aromatic heterocycles. The summed E-state index contributed by atoms with van der Waals surface area (Å²) in [6, 6.07) is 5.90. The fourth-order valence-corrected chi connectivity index (χ4v) is 3.10. The topological polar surface area (TPSA) is 113 Å². The Hall–Kier alpha value is -2.48. The number of anilines is 1. The highest BCUT2D eigenvalue weighted by Gasteiger charge is 2.14. The molecule has 2 heterocycles. The van der Waals surface area contributed by atoms with Crippen LogP contribution in [0.25, 0.3) is 21.6 Å². The molecule has 0 saturated heterocycles. The van der Waals surface area contributed by atoms with E-state index in [1.54, 1.807) is 0 Å². The van der Waals surface area contributed by atoms with Crippen molar-refractivity contribution in [3.8, 4) is 11.4 Å². The number of fused-ring (bicyclic) bond motifs is 1. The molecule has 4 N–H and O–H groups in total. The first-order chi connectivity index (χ1) is 11.1. The molecule has 0 aliphatic carbocycles. The van der Waals surface area contributed by atoms with Crippen LogP contribution in [0.4, 0.5) is 5.13 Å². The van der Waals surface area contributed by atoms with Crippen molar-refractivity contribution in [3.05, 3.63) is 24.0 Å². The quantitative estimate of drug-likeness (QED) is 0.717. The van der Waals surface area contributed by atoms with Crippen molar-refractivity contribution < 1.29 is 4.79 Å². The third-order valence-electron chi connectivity index (χ3n) is 3.43. The number of nitrogens with two attached hydrogens (primary N) is 2. The van der Waals surface area contributed by atoms with Crippen LogP contribution in [0, 0.1) is 0 Å². The van der Waals surface area contributed by atoms with Crippen molar-refractivity contribution in [2.45, 2.75) is 32.7 Å². The zero-order valence-electron chi connectivity index (χ0n) is 12.8. The molecule has 0 aliphatic heterocycles. The second-order valence-corrected chi connectivity index (χ2v) is 6.37. The van der Waals surface area contributed by atoms with E-state index < -0.39 is 5.91 Å². The number of thiazole rings is 1. The first-order valence-corrected chi connectivity index (χ1v) is 8.27. The molecule has 0 aliphatic rings. The number of unbranched alkanes of at least 4 members (excludes halogenated alkanes) is 1. The number of hydrogen-bond acceptors (Lipinski definition) is 6. The molecule has 3 aromatic rings. The molecule has 120 valence electrons. The molecule has 8 heteroatoms. The van der Waals surface area contributed by atoms with Gasteiger partial charge in [0.05, 0.1) is 16.6 Å². The summed E-state index contributed by atoms with van der Waals surface area (Å²) in [5, 5.41) is 4.95. The SMILES string of the molecule is CCCCn1nc(CC(N)=O)nc1-c1ccc2sc(N)nc2c1. The number of hydrogen-bond donors (Lipinski definition) is 2. The van der Waals surface area contributed by atoms with Gasteiger partial charge in [0.1, 0.15) is 0 Å². The molecule has 23 heavy (non-hydrogen) atoms. The predicted molar refractivity (Wildman–Crippen MR) is 90.9 cm³/mol. The van der Waals surface area contributed by atoms with Crippen molar-refractivity contribution in [1.29, 1.82) is 0 Å². The maximum absolute atomic E-state index is 11.1. The van der Waals surface area contributed by atoms with Crippen LogP contribution < -0.4 is 11.5 Å². The molecular weight excluding hydrogens is 312 g/mol. The number of primary amides is 1. The minimum atomic E-state index is -0.438. The number of rotatable bonds is 6. The van der Waals surface area contributed by atoms with E-state index in [9.17, 15) is 4.79 Å². The number of carbonyl (C=O) groups is 1. The third kappa shape index (κ3) is 3.31. The van der Waals surface area contributed by atoms with Gasteiger partial charge in [0.15, 0.2) is 16.8 Å². The normalized spacial score (nSPS) is 11.2. The molecule has 0 fully saturated rings. The average Bonchev–Trinajstić information content (AvgIpc) is 3.05. The summed E-state index contributed by atoms with van der Waals surface area (Å²) in [6.45, 7) is 2.86. The number of carbonyl (C=O) groups excluding carboxylic acids is 1. The first kappa shape index (κ1) is 15.4.